The fourth-order valence-electron chi connectivity index (χ4n) is 7.21. The van der Waals surface area contributed by atoms with Crippen LogP contribution < -0.4 is 31.9 Å². The van der Waals surface area contributed by atoms with Gasteiger partial charge in [-0.1, -0.05) is 12.2 Å². The molecule has 6 amide bonds. The van der Waals surface area contributed by atoms with Crippen molar-refractivity contribution in [3.8, 4) is 43.4 Å². The summed E-state index contributed by atoms with van der Waals surface area (Å²) in [4.78, 5) is 114. The normalized spacial score (nSPS) is 18.6. The molecule has 23 nitrogen and oxygen atoms in total. The minimum absolute atomic E-state index is 0.00724. The van der Waals surface area contributed by atoms with Crippen LogP contribution in [0.4, 0.5) is 0 Å². The second-order valence-corrected chi connectivity index (χ2v) is 22.9. The maximum atomic E-state index is 13.9. The molecule has 0 spiro atoms. The smallest absolute Gasteiger partial charge is 0.275 e. The number of amides is 6. The summed E-state index contributed by atoms with van der Waals surface area (Å²) in [5.74, 6) is -4.15. The van der Waals surface area contributed by atoms with Crippen LogP contribution in [0.5, 0.6) is 0 Å². The third-order valence-electron chi connectivity index (χ3n) is 11.2. The van der Waals surface area contributed by atoms with E-state index >= 15 is 0 Å². The standard InChI is InChI=1S/C48H49N13O10S6/c1-8-23(36(65)49-12-19(3)62)51-37(66)27-15-74-45(56-27)31-18-75-44(58-31)25-11-10-22-34(50-25)26-13-76-46(53-26)33(21(5)64)60-39(68)29-17-77-47(57-29)35(48(6,7)71)61-40(69)30-16-73-43(55-30)24(9-2)52-41(70)32(20(4)63)59-38(67)28-14-72-42(22)54-28/h8-11,13-21,32-33,35,62-64,71H,12H2,1-7H3,(H,49,65)(H,51,66)(H,52,70)(H,59,67)(H,60,68)(H,61,69)/b23-8-,24-9+/t19-,20-,21-,32+,33+,35-/m1/s1. The number of carbonyl (C=O) groups excluding carboxylic acids is 6. The SMILES string of the molecule is C/C=C(\NC(=O)c1csc(-c2csc(-c3ccc4c(n3)-c3csc(n3)[C@H]([C@@H](C)O)NC(=O)c3csc(n3)[C@H](C(C)(C)O)NC(=O)c3csc(n3)/C(=C\C)NC(=O)[C@H]([C@@H](C)O)NC(=O)c3csc-4n3)n2)n1)C(=O)NC[C@@H](C)O. The lowest BCUT2D eigenvalue weighted by atomic mass is 9.99. The summed E-state index contributed by atoms with van der Waals surface area (Å²) >= 11 is 6.67. The first-order valence-corrected chi connectivity index (χ1v) is 28.6. The number of thiazole rings is 6. The maximum absolute atomic E-state index is 13.9. The van der Waals surface area contributed by atoms with Crippen LogP contribution in [0.2, 0.25) is 0 Å². The molecule has 10 N–H and O–H groups in total. The molecule has 0 aliphatic carbocycles. The number of nitrogens with zero attached hydrogens (tertiary/aromatic N) is 7. The summed E-state index contributed by atoms with van der Waals surface area (Å²) < 4.78 is 0. The Morgan fingerprint density at radius 1 is 0.649 bits per heavy atom. The van der Waals surface area contributed by atoms with E-state index < -0.39 is 77.5 Å². The lowest BCUT2D eigenvalue weighted by Crippen LogP contribution is -2.52. The van der Waals surface area contributed by atoms with Crippen molar-refractivity contribution in [2.45, 2.75) is 90.5 Å². The van der Waals surface area contributed by atoms with E-state index in [1.807, 2.05) is 0 Å². The van der Waals surface area contributed by atoms with E-state index in [0.717, 1.165) is 56.7 Å². The largest absolute Gasteiger partial charge is 0.392 e. The van der Waals surface area contributed by atoms with Crippen molar-refractivity contribution >= 4 is 109 Å². The van der Waals surface area contributed by atoms with Crippen LogP contribution in [0, 0.1) is 0 Å². The predicted octanol–water partition coefficient (Wildman–Crippen LogP) is 4.68. The minimum atomic E-state index is -1.59. The van der Waals surface area contributed by atoms with Gasteiger partial charge < -0.3 is 52.3 Å². The molecular formula is C48H49N13O10S6. The van der Waals surface area contributed by atoms with Gasteiger partial charge in [0, 0.05) is 44.4 Å². The third-order valence-corrected chi connectivity index (χ3v) is 16.5. The first kappa shape index (κ1) is 56.3. The number of carbonyl (C=O) groups is 6. The molecule has 8 bridgehead atoms. The fourth-order valence-corrected chi connectivity index (χ4v) is 12.4. The molecule has 8 rings (SSSR count). The zero-order chi connectivity index (χ0) is 55.5. The van der Waals surface area contributed by atoms with Gasteiger partial charge in [0.2, 0.25) is 5.91 Å². The van der Waals surface area contributed by atoms with Gasteiger partial charge in [0.05, 0.1) is 35.3 Å². The first-order chi connectivity index (χ1) is 36.6. The van der Waals surface area contributed by atoms with Crippen LogP contribution in [0.25, 0.3) is 49.1 Å². The van der Waals surface area contributed by atoms with Gasteiger partial charge >= 0.3 is 0 Å². The first-order valence-electron chi connectivity index (χ1n) is 23.3. The summed E-state index contributed by atoms with van der Waals surface area (Å²) in [5, 5.41) is 69.9. The van der Waals surface area contributed by atoms with Crippen LogP contribution in [0.3, 0.4) is 0 Å². The van der Waals surface area contributed by atoms with Gasteiger partial charge in [-0.2, -0.15) is 0 Å². The molecule has 0 radical (unpaired) electrons. The highest BCUT2D eigenvalue weighted by atomic mass is 32.1. The summed E-state index contributed by atoms with van der Waals surface area (Å²) in [5.41, 5.74) is 0.232. The van der Waals surface area contributed by atoms with E-state index in [2.05, 4.69) is 51.8 Å². The predicted molar refractivity (Wildman–Crippen MR) is 292 cm³/mol. The van der Waals surface area contributed by atoms with E-state index in [4.69, 9.17) is 15.0 Å². The highest BCUT2D eigenvalue weighted by molar-refractivity contribution is 7.15. The van der Waals surface area contributed by atoms with E-state index in [1.165, 1.54) is 79.6 Å². The van der Waals surface area contributed by atoms with E-state index in [-0.39, 0.29) is 61.4 Å². The number of pyridine rings is 1. The van der Waals surface area contributed by atoms with Gasteiger partial charge in [0.25, 0.3) is 29.5 Å². The van der Waals surface area contributed by atoms with E-state index in [9.17, 15) is 49.2 Å². The molecule has 6 atom stereocenters. The van der Waals surface area contributed by atoms with Crippen molar-refractivity contribution in [2.75, 3.05) is 6.54 Å². The van der Waals surface area contributed by atoms with Crippen molar-refractivity contribution in [1.82, 2.24) is 66.8 Å². The number of aliphatic hydroxyl groups is 4. The van der Waals surface area contributed by atoms with Gasteiger partial charge in [-0.15, -0.1) is 68.0 Å². The molecule has 0 aromatic carbocycles. The molecule has 29 heteroatoms. The number of hydrogen-bond acceptors (Lipinski definition) is 23. The number of fused-ring (bicyclic) bond motifs is 11. The highest BCUT2D eigenvalue weighted by Gasteiger charge is 2.35. The zero-order valence-electron chi connectivity index (χ0n) is 41.8. The lowest BCUT2D eigenvalue weighted by Gasteiger charge is -2.28. The molecule has 7 aromatic rings. The highest BCUT2D eigenvalue weighted by Crippen LogP contribution is 2.38. The van der Waals surface area contributed by atoms with Crippen molar-refractivity contribution in [1.29, 1.82) is 0 Å². The molecule has 0 saturated heterocycles. The second-order valence-electron chi connectivity index (χ2n) is 17.7. The van der Waals surface area contributed by atoms with Gasteiger partial charge in [0.1, 0.15) is 93.7 Å². The van der Waals surface area contributed by atoms with Gasteiger partial charge in [-0.3, -0.25) is 28.8 Å². The Balaban J connectivity index is 1.15. The Kier molecular flexibility index (Phi) is 17.4. The van der Waals surface area contributed by atoms with Gasteiger partial charge in [0.15, 0.2) is 0 Å². The number of hydrogen-bond donors (Lipinski definition) is 10. The minimum Gasteiger partial charge on any atom is -0.392 e. The number of aromatic nitrogens is 7. The van der Waals surface area contributed by atoms with Crippen molar-refractivity contribution in [3.63, 3.8) is 0 Å². The summed E-state index contributed by atoms with van der Waals surface area (Å²) in [6, 6.07) is -0.252. The molecule has 0 saturated carbocycles. The van der Waals surface area contributed by atoms with Crippen molar-refractivity contribution < 1.29 is 49.2 Å². The van der Waals surface area contributed by atoms with Gasteiger partial charge in [-0.25, -0.2) is 34.9 Å². The molecule has 402 valence electrons. The molecule has 1 aliphatic heterocycles. The van der Waals surface area contributed by atoms with Crippen LogP contribution in [0.1, 0.15) is 118 Å². The molecule has 8 heterocycles. The van der Waals surface area contributed by atoms with Crippen LogP contribution in [-0.4, -0.2) is 127 Å². The van der Waals surface area contributed by atoms with Crippen LogP contribution >= 0.6 is 68.0 Å². The Labute approximate surface area is 462 Å². The van der Waals surface area contributed by atoms with E-state index in [0.29, 0.717) is 37.7 Å². The number of rotatable bonds is 10. The van der Waals surface area contributed by atoms with Crippen molar-refractivity contribution in [3.05, 3.63) is 100 Å². The molecule has 77 heavy (non-hydrogen) atoms. The molecular weight excluding hydrogens is 1110 g/mol. The van der Waals surface area contributed by atoms with Crippen LogP contribution in [-0.2, 0) is 9.59 Å². The fraction of sp³-hybridized carbons (Fsp3) is 0.312. The Morgan fingerprint density at radius 3 is 1.86 bits per heavy atom. The monoisotopic (exact) mass is 1160 g/mol. The molecule has 0 fully saturated rings. The molecule has 0 unspecified atom stereocenters. The summed E-state index contributed by atoms with van der Waals surface area (Å²) in [7, 11) is 0. The second kappa shape index (κ2) is 23.8. The maximum Gasteiger partial charge on any atom is 0.275 e. The Hall–Kier alpha value is -6.93. The molecule has 7 aromatic heterocycles. The number of nitrogens with one attached hydrogen (secondary N) is 6. The summed E-state index contributed by atoms with van der Waals surface area (Å²) in [6.45, 7) is 10.5. The van der Waals surface area contributed by atoms with Crippen LogP contribution in [0.15, 0.2) is 62.3 Å². The Bertz CT molecular complexity index is 3430. The Morgan fingerprint density at radius 2 is 1.19 bits per heavy atom. The lowest BCUT2D eigenvalue weighted by molar-refractivity contribution is -0.124. The average Bonchev–Trinajstić information content (AvgIpc) is 4.26. The van der Waals surface area contributed by atoms with Crippen molar-refractivity contribution in [2.24, 2.45) is 0 Å². The average molecular weight is 1160 g/mol. The third kappa shape index (κ3) is 12.9. The quantitative estimate of drug-likeness (QED) is 0.0831. The number of aliphatic hydroxyl groups excluding tert-OH is 3. The number of allylic oxidation sites excluding steroid dienone is 2. The molecule has 1 aliphatic rings. The topological polar surface area (TPSA) is 346 Å². The van der Waals surface area contributed by atoms with E-state index in [1.54, 1.807) is 36.7 Å². The zero-order valence-corrected chi connectivity index (χ0v) is 46.7. The van der Waals surface area contributed by atoms with Gasteiger partial charge in [-0.05, 0) is 60.6 Å². The summed E-state index contributed by atoms with van der Waals surface area (Å²) in [6.07, 6.45) is -0.384.